The molecule has 0 aromatic heterocycles. The number of carbonyl (C=O) groups excluding carboxylic acids is 1. The zero-order valence-electron chi connectivity index (χ0n) is 15.8. The van der Waals surface area contributed by atoms with E-state index in [1.54, 1.807) is 5.57 Å². The molecule has 0 fully saturated rings. The van der Waals surface area contributed by atoms with E-state index >= 15 is 0 Å². The van der Waals surface area contributed by atoms with Crippen LogP contribution in [0.5, 0.6) is 0 Å². The van der Waals surface area contributed by atoms with Crippen LogP contribution in [0.1, 0.15) is 52.4 Å². The number of allylic oxidation sites excluding steroid dienone is 1. The Morgan fingerprint density at radius 1 is 1.08 bits per heavy atom. The molecule has 2 rings (SSSR count). The molecule has 0 spiro atoms. The largest absolute Gasteiger partial charge is 0.372 e. The highest BCUT2D eigenvalue weighted by atomic mass is 16.1. The first-order valence-corrected chi connectivity index (χ1v) is 9.76. The fraction of sp³-hybridized carbons (Fsp3) is 0.571. The quantitative estimate of drug-likeness (QED) is 0.490. The number of hydrogen-bond acceptors (Lipinski definition) is 3. The smallest absolute Gasteiger partial charge is 0.225 e. The van der Waals surface area contributed by atoms with Crippen molar-refractivity contribution in [1.29, 1.82) is 0 Å². The highest BCUT2D eigenvalue weighted by molar-refractivity contribution is 5.91. The highest BCUT2D eigenvalue weighted by Crippen LogP contribution is 2.19. The molecule has 1 aliphatic rings. The Bertz CT molecular complexity index is 547. The van der Waals surface area contributed by atoms with E-state index in [9.17, 15) is 4.79 Å². The molecular formula is C21H33N3O. The summed E-state index contributed by atoms with van der Waals surface area (Å²) >= 11 is 0. The molecule has 2 N–H and O–H groups in total. The molecule has 0 saturated carbocycles. The predicted octanol–water partition coefficient (Wildman–Crippen LogP) is 4.34. The Hall–Kier alpha value is -1.81. The maximum Gasteiger partial charge on any atom is 0.225 e. The summed E-state index contributed by atoms with van der Waals surface area (Å²) in [5.74, 6) is 0.0694. The van der Waals surface area contributed by atoms with Crippen molar-refractivity contribution in [1.82, 2.24) is 5.32 Å². The fourth-order valence-corrected chi connectivity index (χ4v) is 3.28. The Kier molecular flexibility index (Phi) is 8.53. The van der Waals surface area contributed by atoms with Gasteiger partial charge in [-0.3, -0.25) is 4.79 Å². The lowest BCUT2D eigenvalue weighted by Gasteiger charge is -2.21. The molecule has 4 heteroatoms. The first-order chi connectivity index (χ1) is 12.2. The number of nitrogens with one attached hydrogen (secondary N) is 2. The molecule has 0 radical (unpaired) electrons. The molecule has 1 aromatic carbocycles. The summed E-state index contributed by atoms with van der Waals surface area (Å²) < 4.78 is 0. The van der Waals surface area contributed by atoms with Crippen molar-refractivity contribution in [2.24, 2.45) is 0 Å². The third kappa shape index (κ3) is 6.91. The monoisotopic (exact) mass is 343 g/mol. The lowest BCUT2D eigenvalue weighted by Crippen LogP contribution is -2.23. The van der Waals surface area contributed by atoms with Crippen molar-refractivity contribution >= 4 is 17.3 Å². The summed E-state index contributed by atoms with van der Waals surface area (Å²) in [5.41, 5.74) is 3.64. The van der Waals surface area contributed by atoms with Gasteiger partial charge in [0.2, 0.25) is 5.91 Å². The van der Waals surface area contributed by atoms with Gasteiger partial charge in [0.1, 0.15) is 0 Å². The third-order valence-electron chi connectivity index (χ3n) is 4.82. The molecule has 0 saturated heterocycles. The zero-order chi connectivity index (χ0) is 17.9. The number of amides is 1. The van der Waals surface area contributed by atoms with Crippen LogP contribution in [0.2, 0.25) is 0 Å². The summed E-state index contributed by atoms with van der Waals surface area (Å²) in [6, 6.07) is 8.10. The SMILES string of the molecule is CCN(CC)c1ccc(NC(=O)CCNCCC2=CCCCC2)cc1. The molecular weight excluding hydrogens is 310 g/mol. The summed E-state index contributed by atoms with van der Waals surface area (Å²) in [6.07, 6.45) is 9.19. The Morgan fingerprint density at radius 3 is 2.48 bits per heavy atom. The third-order valence-corrected chi connectivity index (χ3v) is 4.82. The van der Waals surface area contributed by atoms with Gasteiger partial charge in [0.15, 0.2) is 0 Å². The lowest BCUT2D eigenvalue weighted by molar-refractivity contribution is -0.116. The van der Waals surface area contributed by atoms with Gasteiger partial charge >= 0.3 is 0 Å². The van der Waals surface area contributed by atoms with E-state index in [1.165, 1.54) is 31.4 Å². The first kappa shape index (κ1) is 19.5. The van der Waals surface area contributed by atoms with Crippen LogP contribution in [0.3, 0.4) is 0 Å². The Balaban J connectivity index is 1.63. The van der Waals surface area contributed by atoms with Crippen LogP contribution in [-0.4, -0.2) is 32.1 Å². The van der Waals surface area contributed by atoms with Crippen molar-refractivity contribution in [2.45, 2.75) is 52.4 Å². The maximum absolute atomic E-state index is 12.0. The molecule has 0 heterocycles. The van der Waals surface area contributed by atoms with Gasteiger partial charge in [0.25, 0.3) is 0 Å². The van der Waals surface area contributed by atoms with Gasteiger partial charge in [-0.1, -0.05) is 11.6 Å². The number of rotatable bonds is 10. The average Bonchev–Trinajstić information content (AvgIpc) is 2.65. The van der Waals surface area contributed by atoms with Crippen LogP contribution in [0.25, 0.3) is 0 Å². The molecule has 138 valence electrons. The van der Waals surface area contributed by atoms with Gasteiger partial charge in [-0.05, 0) is 76.8 Å². The van der Waals surface area contributed by atoms with Crippen LogP contribution < -0.4 is 15.5 Å². The van der Waals surface area contributed by atoms with Gasteiger partial charge in [0.05, 0.1) is 0 Å². The second kappa shape index (κ2) is 10.9. The van der Waals surface area contributed by atoms with Crippen LogP contribution >= 0.6 is 0 Å². The Morgan fingerprint density at radius 2 is 1.84 bits per heavy atom. The van der Waals surface area contributed by atoms with Crippen LogP contribution in [0.15, 0.2) is 35.9 Å². The van der Waals surface area contributed by atoms with E-state index in [-0.39, 0.29) is 5.91 Å². The molecule has 0 atom stereocenters. The highest BCUT2D eigenvalue weighted by Gasteiger charge is 2.06. The summed E-state index contributed by atoms with van der Waals surface area (Å²) in [5, 5.41) is 6.36. The number of hydrogen-bond donors (Lipinski definition) is 2. The van der Waals surface area contributed by atoms with Gasteiger partial charge in [-0.15, -0.1) is 0 Å². The Labute approximate surface area is 152 Å². The summed E-state index contributed by atoms with van der Waals surface area (Å²) in [6.45, 7) is 7.98. The van der Waals surface area contributed by atoms with Gasteiger partial charge in [-0.2, -0.15) is 0 Å². The van der Waals surface area contributed by atoms with Gasteiger partial charge in [-0.25, -0.2) is 0 Å². The second-order valence-electron chi connectivity index (χ2n) is 6.63. The number of benzene rings is 1. The molecule has 0 bridgehead atoms. The van der Waals surface area contributed by atoms with E-state index in [2.05, 4.69) is 47.6 Å². The van der Waals surface area contributed by atoms with E-state index in [0.29, 0.717) is 6.42 Å². The number of nitrogens with zero attached hydrogens (tertiary/aromatic N) is 1. The number of carbonyl (C=O) groups is 1. The van der Waals surface area contributed by atoms with Crippen molar-refractivity contribution in [2.75, 3.05) is 36.4 Å². The summed E-state index contributed by atoms with van der Waals surface area (Å²) in [4.78, 5) is 14.3. The molecule has 0 unspecified atom stereocenters. The minimum Gasteiger partial charge on any atom is -0.372 e. The van der Waals surface area contributed by atoms with Crippen molar-refractivity contribution in [3.05, 3.63) is 35.9 Å². The van der Waals surface area contributed by atoms with Gasteiger partial charge < -0.3 is 15.5 Å². The topological polar surface area (TPSA) is 44.4 Å². The molecule has 0 aliphatic heterocycles. The molecule has 1 aromatic rings. The van der Waals surface area contributed by atoms with Gasteiger partial charge in [0, 0.05) is 37.4 Å². The predicted molar refractivity (Wildman–Crippen MR) is 107 cm³/mol. The maximum atomic E-state index is 12.0. The van der Waals surface area contributed by atoms with Crippen molar-refractivity contribution < 1.29 is 4.79 Å². The van der Waals surface area contributed by atoms with Crippen LogP contribution in [-0.2, 0) is 4.79 Å². The van der Waals surface area contributed by atoms with E-state index in [4.69, 9.17) is 0 Å². The second-order valence-corrected chi connectivity index (χ2v) is 6.63. The number of anilines is 2. The minimum atomic E-state index is 0.0694. The van der Waals surface area contributed by atoms with E-state index in [1.807, 2.05) is 12.1 Å². The molecule has 25 heavy (non-hydrogen) atoms. The lowest BCUT2D eigenvalue weighted by atomic mass is 9.97. The molecule has 1 aliphatic carbocycles. The standard InChI is InChI=1S/C21H33N3O/c1-3-24(4-2)20-12-10-19(11-13-20)23-21(25)15-17-22-16-14-18-8-6-5-7-9-18/h8,10-13,22H,3-7,9,14-17H2,1-2H3,(H,23,25). The zero-order valence-corrected chi connectivity index (χ0v) is 15.8. The molecule has 1 amide bonds. The van der Waals surface area contributed by atoms with E-state index < -0.39 is 0 Å². The fourth-order valence-electron chi connectivity index (χ4n) is 3.28. The first-order valence-electron chi connectivity index (χ1n) is 9.76. The van der Waals surface area contributed by atoms with Crippen LogP contribution in [0.4, 0.5) is 11.4 Å². The summed E-state index contributed by atoms with van der Waals surface area (Å²) in [7, 11) is 0. The normalized spacial score (nSPS) is 14.1. The van der Waals surface area contributed by atoms with Crippen molar-refractivity contribution in [3.8, 4) is 0 Å². The minimum absolute atomic E-state index is 0.0694. The molecule has 4 nitrogen and oxygen atoms in total. The van der Waals surface area contributed by atoms with Crippen molar-refractivity contribution in [3.63, 3.8) is 0 Å². The van der Waals surface area contributed by atoms with E-state index in [0.717, 1.165) is 38.3 Å². The average molecular weight is 344 g/mol. The van der Waals surface area contributed by atoms with Crippen LogP contribution in [0, 0.1) is 0 Å².